The molecule has 2 aromatic carbocycles. The number of rotatable bonds is 14. The first-order valence-electron chi connectivity index (χ1n) is 31.7. The van der Waals surface area contributed by atoms with E-state index in [4.69, 9.17) is 35.6 Å². The molecule has 99 heavy (non-hydrogen) atoms. The quantitative estimate of drug-likeness (QED) is 0.0604. The predicted octanol–water partition coefficient (Wildman–Crippen LogP) is 8.69. The Morgan fingerprint density at radius 2 is 0.980 bits per heavy atom. The second-order valence-electron chi connectivity index (χ2n) is 23.7. The number of aryl methyl sites for hydroxylation is 2. The molecule has 2 saturated carbocycles. The number of imidazole rings is 2. The van der Waals surface area contributed by atoms with Crippen LogP contribution in [0.4, 0.5) is 42.6 Å². The fourth-order valence-electron chi connectivity index (χ4n) is 11.0. The van der Waals surface area contributed by atoms with Crippen LogP contribution >= 0.6 is 22.7 Å². The molecule has 0 spiro atoms. The Bertz CT molecular complexity index is 4550. The van der Waals surface area contributed by atoms with Crippen molar-refractivity contribution in [1.82, 2.24) is 48.7 Å². The Kier molecular flexibility index (Phi) is 25.1. The van der Waals surface area contributed by atoms with Crippen LogP contribution in [0.5, 0.6) is 0 Å². The van der Waals surface area contributed by atoms with Crippen LogP contribution in [0.2, 0.25) is 0 Å². The maximum absolute atomic E-state index is 13.5. The van der Waals surface area contributed by atoms with E-state index in [1.165, 1.54) is 98.8 Å². The van der Waals surface area contributed by atoms with E-state index in [9.17, 15) is 38.5 Å². The van der Waals surface area contributed by atoms with Crippen molar-refractivity contribution in [2.45, 2.75) is 98.4 Å². The summed E-state index contributed by atoms with van der Waals surface area (Å²) in [6.45, 7) is 10.4. The summed E-state index contributed by atoms with van der Waals surface area (Å²) in [6.07, 6.45) is 22.2. The number of thiazole rings is 2. The van der Waals surface area contributed by atoms with Crippen LogP contribution in [0.1, 0.15) is 101 Å². The molecule has 30 heteroatoms. The number of ketones is 1. The summed E-state index contributed by atoms with van der Waals surface area (Å²) in [5.41, 5.74) is 14.9. The topological polar surface area (TPSA) is 294 Å². The summed E-state index contributed by atoms with van der Waals surface area (Å²) < 4.78 is 34.7. The Morgan fingerprint density at radius 3 is 1.30 bits per heavy atom. The van der Waals surface area contributed by atoms with E-state index < -0.39 is 17.9 Å². The van der Waals surface area contributed by atoms with Crippen molar-refractivity contribution in [2.75, 3.05) is 59.9 Å². The molecule has 0 bridgehead atoms. The molecule has 4 aliphatic rings. The van der Waals surface area contributed by atoms with E-state index in [2.05, 4.69) is 67.0 Å². The van der Waals surface area contributed by atoms with Crippen molar-refractivity contribution in [3.63, 3.8) is 0 Å². The molecule has 14 rings (SSSR count). The third-order valence-electron chi connectivity index (χ3n) is 16.6. The van der Waals surface area contributed by atoms with E-state index in [-0.39, 0.29) is 47.0 Å². The average molecular weight is 1390 g/mol. The van der Waals surface area contributed by atoms with Gasteiger partial charge in [0.2, 0.25) is 17.9 Å². The molecular formula is C69H70BF2N17NaO7S2. The normalized spacial score (nSPS) is 13.8. The van der Waals surface area contributed by atoms with Crippen LogP contribution in [-0.4, -0.2) is 127 Å². The summed E-state index contributed by atoms with van der Waals surface area (Å²) in [6, 6.07) is 25.1. The zero-order valence-corrected chi connectivity index (χ0v) is 59.7. The number of aromatic nitrogens is 10. The number of halogens is 2. The van der Waals surface area contributed by atoms with Crippen LogP contribution < -0.4 is 54.9 Å². The number of nitriles is 2. The first-order chi connectivity index (χ1) is 47.2. The van der Waals surface area contributed by atoms with Crippen molar-refractivity contribution in [3.8, 4) is 56.9 Å². The van der Waals surface area contributed by atoms with Gasteiger partial charge in [-0.2, -0.15) is 10.5 Å². The van der Waals surface area contributed by atoms with Crippen LogP contribution in [0.3, 0.4) is 0 Å². The standard InChI is InChI=1S/C32H31FN8S.C27H21FN8OS.C4H9N.C4H6O4.C2H3BO2.Na/c1-3-26-30(39(2)32-38-29(27(14-34)42-32)22-7-10-25(33)11-8-22)41-19-23(9-12-28(41)37-26)24-15-35-31(36-16-24)40-17-21(18-40)13-20-5-4-6-20;1-3-21-25(34(2)27-33-24(22(10-29)38-27)16-4-7-19(28)8-5-16)36-13-17(6-9-23(36)32-21)18-11-30-26(31-12-18)35-14-20(37)15-35;5-4-2-1-3-4;1-3(5)7-8-4(2)6;1-2(4)5-3;/h7-12,15-16,19-21H,3-6,13,17-18H2,1-2H3;4-9,11-13H,3,14-15H2,1-2H3;4H,1-3,5H2;1-2H3;1H3;/q;;;;-1;+1. The molecular weight excluding hydrogens is 1310 g/mol. The molecule has 10 heterocycles. The molecule has 3 radical (unpaired) electrons. The number of carbonyl (C=O) groups is 4. The smallest absolute Gasteiger partial charge is 0.793 e. The summed E-state index contributed by atoms with van der Waals surface area (Å²) in [7, 11) is 8.16. The zero-order chi connectivity index (χ0) is 69.7. The third kappa shape index (κ3) is 18.0. The molecule has 2 saturated heterocycles. The van der Waals surface area contributed by atoms with Crippen LogP contribution in [0, 0.1) is 46.1 Å². The van der Waals surface area contributed by atoms with Crippen molar-refractivity contribution < 1.29 is 71.9 Å². The molecule has 0 atom stereocenters. The van der Waals surface area contributed by atoms with Gasteiger partial charge in [0.05, 0.1) is 24.5 Å². The van der Waals surface area contributed by atoms with Crippen LogP contribution in [0.25, 0.3) is 56.1 Å². The van der Waals surface area contributed by atoms with Crippen molar-refractivity contribution >= 4 is 99.5 Å². The monoisotopic (exact) mass is 1380 g/mol. The molecule has 2 N–H and O–H groups in total. The molecule has 2 aliphatic heterocycles. The summed E-state index contributed by atoms with van der Waals surface area (Å²) in [5.74, 6) is 2.55. The molecule has 4 fully saturated rings. The summed E-state index contributed by atoms with van der Waals surface area (Å²) in [4.78, 5) is 94.6. The number of hydrogen-bond donors (Lipinski definition) is 1. The number of fused-ring (bicyclic) bond motifs is 2. The number of hydrogen-bond acceptors (Lipinski definition) is 24. The van der Waals surface area contributed by atoms with Crippen LogP contribution in [-0.2, 0) is 46.4 Å². The first-order valence-corrected chi connectivity index (χ1v) is 33.4. The van der Waals surface area contributed by atoms with E-state index in [0.717, 1.165) is 108 Å². The first kappa shape index (κ1) is 73.6. The number of nitrogens with zero attached hydrogens (tertiary/aromatic N) is 16. The van der Waals surface area contributed by atoms with Crippen molar-refractivity contribution in [2.24, 2.45) is 17.6 Å². The number of carbonyl (C=O) groups excluding carboxylic acids is 4. The Morgan fingerprint density at radius 1 is 0.596 bits per heavy atom. The van der Waals surface area contributed by atoms with E-state index in [1.807, 2.05) is 83.0 Å². The maximum Gasteiger partial charge on any atom is 1.00 e. The van der Waals surface area contributed by atoms with E-state index in [1.54, 1.807) is 36.7 Å². The summed E-state index contributed by atoms with van der Waals surface area (Å²) in [5, 5.41) is 20.9. The van der Waals surface area contributed by atoms with E-state index >= 15 is 0 Å². The van der Waals surface area contributed by atoms with Gasteiger partial charge in [0.15, 0.2) is 16.0 Å². The molecule has 503 valence electrons. The van der Waals surface area contributed by atoms with Gasteiger partial charge < -0.3 is 38.0 Å². The molecule has 2 aliphatic carbocycles. The second-order valence-corrected chi connectivity index (χ2v) is 25.6. The van der Waals surface area contributed by atoms with Gasteiger partial charge in [-0.3, -0.25) is 18.4 Å². The van der Waals surface area contributed by atoms with Gasteiger partial charge in [0, 0.05) is 125 Å². The van der Waals surface area contributed by atoms with Crippen molar-refractivity contribution in [1.29, 1.82) is 10.5 Å². The fraction of sp³-hybridized carbons (Fsp3) is 0.333. The van der Waals surface area contributed by atoms with Gasteiger partial charge in [-0.1, -0.05) is 62.2 Å². The zero-order valence-electron chi connectivity index (χ0n) is 56.1. The average Bonchev–Trinajstić information content (AvgIpc) is 1.64. The van der Waals surface area contributed by atoms with Gasteiger partial charge in [-0.15, -0.1) is 0 Å². The Hall–Kier alpha value is -9.62. The largest absolute Gasteiger partial charge is 1.00 e. The van der Waals surface area contributed by atoms with Gasteiger partial charge in [-0.25, -0.2) is 68.0 Å². The predicted molar refractivity (Wildman–Crippen MR) is 370 cm³/mol. The SMILES string of the molecule is CC(=O)OOC(C)=O.CCc1nc2ccc(-c3cnc(N4CC(=O)C4)nc3)cn2c1N(C)c1nc(-c2ccc(F)cc2)c(C#N)s1.CCc1nc2ccc(-c3cnc(N4CC(CC5CCC5)C4)nc3)cn2c1N(C)c1nc(-c2ccc(F)cc2)c(C#N)s1.NC1CCC1.[B-]OC(C)=O.[Na+]. The number of benzene rings is 2. The molecule has 0 unspecified atom stereocenters. The number of Topliss-reactive ketones (excluding diaryl/α,β-unsaturated/α-hetero) is 1. The van der Waals surface area contributed by atoms with Gasteiger partial charge in [-0.05, 0) is 117 Å². The molecule has 0 amide bonds. The molecule has 10 aromatic rings. The van der Waals surface area contributed by atoms with E-state index in [0.29, 0.717) is 74.0 Å². The van der Waals surface area contributed by atoms with Crippen molar-refractivity contribution in [3.05, 3.63) is 143 Å². The fourth-order valence-corrected chi connectivity index (χ4v) is 12.7. The van der Waals surface area contributed by atoms with Gasteiger partial charge >= 0.3 is 41.5 Å². The minimum atomic E-state index is -0.639. The number of anilines is 6. The number of pyridine rings is 2. The minimum absolute atomic E-state index is 0. The summed E-state index contributed by atoms with van der Waals surface area (Å²) >= 11 is 2.58. The van der Waals surface area contributed by atoms with Gasteiger partial charge in [0.25, 0.3) is 0 Å². The Balaban J connectivity index is 0.000000184. The molecule has 24 nitrogen and oxygen atoms in total. The minimum Gasteiger partial charge on any atom is -0.793 e. The third-order valence-corrected chi connectivity index (χ3v) is 18.6. The maximum atomic E-state index is 13.5. The molecule has 8 aromatic heterocycles. The second kappa shape index (κ2) is 33.8. The van der Waals surface area contributed by atoms with Gasteiger partial charge in [0.1, 0.15) is 67.8 Å². The van der Waals surface area contributed by atoms with Crippen LogP contribution in [0.15, 0.2) is 110 Å². The Labute approximate surface area is 602 Å². The number of nitrogens with two attached hydrogens (primary N) is 1.